The number of anilines is 1. The second-order valence-electron chi connectivity index (χ2n) is 5.15. The van der Waals surface area contributed by atoms with Gasteiger partial charge in [-0.05, 0) is 53.3 Å². The van der Waals surface area contributed by atoms with Gasteiger partial charge in [-0.1, -0.05) is 48.6 Å². The van der Waals surface area contributed by atoms with Crippen LogP contribution in [0.1, 0.15) is 22.3 Å². The lowest BCUT2D eigenvalue weighted by atomic mass is 10.0. The van der Waals surface area contributed by atoms with Gasteiger partial charge in [0.1, 0.15) is 0 Å². The number of allylic oxidation sites excluding steroid dienone is 2. The summed E-state index contributed by atoms with van der Waals surface area (Å²) in [6, 6.07) is 14.5. The van der Waals surface area contributed by atoms with Crippen LogP contribution in [-0.2, 0) is 6.42 Å². The van der Waals surface area contributed by atoms with E-state index in [1.54, 1.807) is 0 Å². The van der Waals surface area contributed by atoms with Crippen LogP contribution in [0.5, 0.6) is 0 Å². The van der Waals surface area contributed by atoms with Gasteiger partial charge in [0.25, 0.3) is 0 Å². The van der Waals surface area contributed by atoms with Crippen LogP contribution in [0.4, 0.5) is 5.69 Å². The van der Waals surface area contributed by atoms with Gasteiger partial charge in [-0.15, -0.1) is 0 Å². The van der Waals surface area contributed by atoms with E-state index in [0.29, 0.717) is 0 Å². The summed E-state index contributed by atoms with van der Waals surface area (Å²) >= 11 is 0. The Kier molecular flexibility index (Phi) is 2.75. The molecule has 2 aromatic rings. The Morgan fingerprint density at radius 3 is 2.58 bits per heavy atom. The van der Waals surface area contributed by atoms with Crippen molar-refractivity contribution >= 4 is 17.3 Å². The molecule has 1 nitrogen and oxygen atoms in total. The Balaban J connectivity index is 1.97. The summed E-state index contributed by atoms with van der Waals surface area (Å²) in [4.78, 5) is 0. The van der Waals surface area contributed by atoms with Crippen molar-refractivity contribution in [1.29, 1.82) is 0 Å². The highest BCUT2D eigenvalue weighted by molar-refractivity contribution is 5.89. The molecule has 0 heterocycles. The van der Waals surface area contributed by atoms with E-state index in [0.717, 1.165) is 17.7 Å². The smallest absolute Gasteiger partial charge is 0.0314 e. The van der Waals surface area contributed by atoms with Gasteiger partial charge in [0.05, 0.1) is 0 Å². The molecule has 0 amide bonds. The lowest BCUT2D eigenvalue weighted by Crippen LogP contribution is -1.84. The van der Waals surface area contributed by atoms with E-state index in [-0.39, 0.29) is 0 Å². The standard InChI is InChI=1S/C18H17N/c1-12-3-8-18-13(2)15(11-16(18)9-12)10-14-4-6-17(19)7-5-14/h3-10H,2,11,19H2,1H3/b15-10+. The summed E-state index contributed by atoms with van der Waals surface area (Å²) in [5, 5.41) is 0. The molecular weight excluding hydrogens is 230 g/mol. The lowest BCUT2D eigenvalue weighted by molar-refractivity contribution is 1.26. The maximum Gasteiger partial charge on any atom is 0.0314 e. The molecule has 1 aliphatic rings. The normalized spacial score (nSPS) is 15.8. The molecule has 94 valence electrons. The third-order valence-electron chi connectivity index (χ3n) is 3.63. The molecule has 0 saturated carbocycles. The first-order valence-electron chi connectivity index (χ1n) is 6.49. The van der Waals surface area contributed by atoms with Crippen molar-refractivity contribution in [2.24, 2.45) is 0 Å². The molecule has 0 aliphatic heterocycles. The number of hydrogen-bond donors (Lipinski definition) is 1. The Morgan fingerprint density at radius 2 is 1.84 bits per heavy atom. The molecular formula is C18H17N. The monoisotopic (exact) mass is 247 g/mol. The minimum Gasteiger partial charge on any atom is -0.399 e. The number of rotatable bonds is 1. The fourth-order valence-corrected chi connectivity index (χ4v) is 2.58. The van der Waals surface area contributed by atoms with Crippen molar-refractivity contribution in [3.63, 3.8) is 0 Å². The maximum atomic E-state index is 5.71. The fourth-order valence-electron chi connectivity index (χ4n) is 2.58. The highest BCUT2D eigenvalue weighted by atomic mass is 14.5. The Morgan fingerprint density at radius 1 is 1.11 bits per heavy atom. The number of nitrogens with two attached hydrogens (primary N) is 1. The molecule has 0 radical (unpaired) electrons. The van der Waals surface area contributed by atoms with Gasteiger partial charge in [0.15, 0.2) is 0 Å². The van der Waals surface area contributed by atoms with Gasteiger partial charge >= 0.3 is 0 Å². The number of benzene rings is 2. The molecule has 0 unspecified atom stereocenters. The first-order chi connectivity index (χ1) is 9.13. The zero-order valence-electron chi connectivity index (χ0n) is 11.1. The minimum atomic E-state index is 0.798. The number of hydrogen-bond acceptors (Lipinski definition) is 1. The second-order valence-corrected chi connectivity index (χ2v) is 5.15. The fraction of sp³-hybridized carbons (Fsp3) is 0.111. The van der Waals surface area contributed by atoms with Gasteiger partial charge in [-0.3, -0.25) is 0 Å². The topological polar surface area (TPSA) is 26.0 Å². The summed E-state index contributed by atoms with van der Waals surface area (Å²) in [6.07, 6.45) is 3.18. The van der Waals surface area contributed by atoms with E-state index in [4.69, 9.17) is 5.73 Å². The molecule has 0 spiro atoms. The summed E-state index contributed by atoms with van der Waals surface area (Å²) in [5.41, 5.74) is 14.1. The van der Waals surface area contributed by atoms with Crippen LogP contribution < -0.4 is 5.73 Å². The molecule has 2 N–H and O–H groups in total. The molecule has 1 aliphatic carbocycles. The van der Waals surface area contributed by atoms with Gasteiger partial charge in [0.2, 0.25) is 0 Å². The highest BCUT2D eigenvalue weighted by Crippen LogP contribution is 2.36. The molecule has 3 rings (SSSR count). The van der Waals surface area contributed by atoms with Crippen LogP contribution in [0.25, 0.3) is 11.6 Å². The van der Waals surface area contributed by atoms with E-state index in [2.05, 4.69) is 37.8 Å². The van der Waals surface area contributed by atoms with E-state index in [1.165, 1.54) is 27.8 Å². The third kappa shape index (κ3) is 2.19. The van der Waals surface area contributed by atoms with E-state index in [9.17, 15) is 0 Å². The number of nitrogen functional groups attached to an aromatic ring is 1. The largest absolute Gasteiger partial charge is 0.399 e. The van der Waals surface area contributed by atoms with Crippen LogP contribution in [-0.4, -0.2) is 0 Å². The average molecular weight is 247 g/mol. The Bertz CT molecular complexity index is 675. The van der Waals surface area contributed by atoms with Gasteiger partial charge < -0.3 is 5.73 Å². The van der Waals surface area contributed by atoms with E-state index >= 15 is 0 Å². The molecule has 0 saturated heterocycles. The predicted octanol–water partition coefficient (Wildman–Crippen LogP) is 4.23. The third-order valence-corrected chi connectivity index (χ3v) is 3.63. The molecule has 0 bridgehead atoms. The zero-order chi connectivity index (χ0) is 13.4. The quantitative estimate of drug-likeness (QED) is 0.750. The minimum absolute atomic E-state index is 0.798. The molecule has 19 heavy (non-hydrogen) atoms. The van der Waals surface area contributed by atoms with Crippen molar-refractivity contribution in [3.8, 4) is 0 Å². The van der Waals surface area contributed by atoms with Crippen LogP contribution in [0.15, 0.2) is 54.6 Å². The second kappa shape index (κ2) is 4.43. The number of fused-ring (bicyclic) bond motifs is 1. The first-order valence-corrected chi connectivity index (χ1v) is 6.49. The maximum absolute atomic E-state index is 5.71. The zero-order valence-corrected chi connectivity index (χ0v) is 11.1. The van der Waals surface area contributed by atoms with Crippen molar-refractivity contribution in [3.05, 3.63) is 76.9 Å². The first kappa shape index (κ1) is 11.8. The molecule has 0 atom stereocenters. The Hall–Kier alpha value is -2.28. The molecule has 0 fully saturated rings. The van der Waals surface area contributed by atoms with Crippen LogP contribution in [0.2, 0.25) is 0 Å². The summed E-state index contributed by atoms with van der Waals surface area (Å²) in [7, 11) is 0. The van der Waals surface area contributed by atoms with Crippen molar-refractivity contribution in [2.45, 2.75) is 13.3 Å². The van der Waals surface area contributed by atoms with Crippen molar-refractivity contribution in [2.75, 3.05) is 5.73 Å². The number of aryl methyl sites for hydroxylation is 1. The van der Waals surface area contributed by atoms with E-state index in [1.807, 2.05) is 24.3 Å². The lowest BCUT2D eigenvalue weighted by Gasteiger charge is -2.01. The van der Waals surface area contributed by atoms with Gasteiger partial charge in [0, 0.05) is 5.69 Å². The van der Waals surface area contributed by atoms with Crippen LogP contribution in [0.3, 0.4) is 0 Å². The van der Waals surface area contributed by atoms with Crippen molar-refractivity contribution < 1.29 is 0 Å². The highest BCUT2D eigenvalue weighted by Gasteiger charge is 2.19. The molecule has 2 aromatic carbocycles. The summed E-state index contributed by atoms with van der Waals surface area (Å²) < 4.78 is 0. The predicted molar refractivity (Wildman–Crippen MR) is 82.7 cm³/mol. The molecule has 0 aromatic heterocycles. The van der Waals surface area contributed by atoms with Crippen molar-refractivity contribution in [1.82, 2.24) is 0 Å². The average Bonchev–Trinajstić information content (AvgIpc) is 2.68. The molecule has 1 heteroatoms. The van der Waals surface area contributed by atoms with Gasteiger partial charge in [-0.2, -0.15) is 0 Å². The SMILES string of the molecule is C=C1/C(=C/c2ccc(N)cc2)Cc2cc(C)ccc21. The van der Waals surface area contributed by atoms with E-state index < -0.39 is 0 Å². The van der Waals surface area contributed by atoms with Crippen LogP contribution in [0, 0.1) is 6.92 Å². The van der Waals surface area contributed by atoms with Crippen LogP contribution >= 0.6 is 0 Å². The Labute approximate surface area is 114 Å². The summed E-state index contributed by atoms with van der Waals surface area (Å²) in [6.45, 7) is 6.36. The summed E-state index contributed by atoms with van der Waals surface area (Å²) in [5.74, 6) is 0. The van der Waals surface area contributed by atoms with Gasteiger partial charge in [-0.25, -0.2) is 0 Å².